The summed E-state index contributed by atoms with van der Waals surface area (Å²) in [6, 6.07) is 14.8. The first-order chi connectivity index (χ1) is 11.9. The highest BCUT2D eigenvalue weighted by Gasteiger charge is 2.25. The normalized spacial score (nSPS) is 12.6. The van der Waals surface area contributed by atoms with Crippen molar-refractivity contribution < 1.29 is 13.2 Å². The second-order valence-corrected chi connectivity index (χ2v) is 8.24. The molecule has 0 heterocycles. The van der Waals surface area contributed by atoms with Gasteiger partial charge in [-0.05, 0) is 42.7 Å². The summed E-state index contributed by atoms with van der Waals surface area (Å²) in [5, 5.41) is 2.76. The molecule has 2 rings (SSSR count). The first-order valence-corrected chi connectivity index (χ1v) is 10.3. The Kier molecular flexibility index (Phi) is 7.16. The summed E-state index contributed by atoms with van der Waals surface area (Å²) < 4.78 is 28.5. The van der Waals surface area contributed by atoms with E-state index in [1.807, 2.05) is 37.3 Å². The number of carbonyl (C=O) groups excluding carboxylic acids is 1. The Morgan fingerprint density at radius 2 is 1.72 bits per heavy atom. The van der Waals surface area contributed by atoms with Crippen LogP contribution < -0.4 is 10.0 Å². The van der Waals surface area contributed by atoms with E-state index in [1.165, 1.54) is 12.1 Å². The second-order valence-electron chi connectivity index (χ2n) is 5.61. The molecule has 0 bridgehead atoms. The molecule has 134 valence electrons. The van der Waals surface area contributed by atoms with Gasteiger partial charge in [0.05, 0.1) is 4.90 Å². The number of halogens is 1. The molecule has 2 aromatic rings. The molecule has 0 fully saturated rings. The van der Waals surface area contributed by atoms with Crippen LogP contribution in [0, 0.1) is 0 Å². The van der Waals surface area contributed by atoms with E-state index < -0.39 is 16.1 Å². The fourth-order valence-electron chi connectivity index (χ4n) is 2.28. The van der Waals surface area contributed by atoms with Crippen molar-refractivity contribution in [2.75, 3.05) is 6.54 Å². The van der Waals surface area contributed by atoms with Crippen molar-refractivity contribution >= 4 is 31.9 Å². The van der Waals surface area contributed by atoms with Crippen molar-refractivity contribution in [3.63, 3.8) is 0 Å². The largest absolute Gasteiger partial charge is 0.355 e. The van der Waals surface area contributed by atoms with Crippen molar-refractivity contribution in [2.24, 2.45) is 0 Å². The fraction of sp³-hybridized carbons (Fsp3) is 0.278. The number of hydrogen-bond donors (Lipinski definition) is 2. The lowest BCUT2D eigenvalue weighted by molar-refractivity contribution is -0.122. The van der Waals surface area contributed by atoms with Crippen LogP contribution in [-0.4, -0.2) is 26.9 Å². The van der Waals surface area contributed by atoms with Crippen molar-refractivity contribution in [1.29, 1.82) is 0 Å². The van der Waals surface area contributed by atoms with Crippen LogP contribution in [-0.2, 0) is 21.2 Å². The third-order valence-corrected chi connectivity index (χ3v) is 5.59. The fourth-order valence-corrected chi connectivity index (χ4v) is 3.74. The van der Waals surface area contributed by atoms with Crippen molar-refractivity contribution in [3.05, 3.63) is 64.6 Å². The molecule has 1 atom stereocenters. The van der Waals surface area contributed by atoms with Gasteiger partial charge in [0.15, 0.2) is 0 Å². The van der Waals surface area contributed by atoms with Crippen LogP contribution in [0.5, 0.6) is 0 Å². The van der Waals surface area contributed by atoms with Crippen LogP contribution >= 0.6 is 15.9 Å². The van der Waals surface area contributed by atoms with E-state index in [1.54, 1.807) is 12.1 Å². The molecular weight excluding hydrogens is 404 g/mol. The van der Waals surface area contributed by atoms with Gasteiger partial charge in [0.1, 0.15) is 6.04 Å². The molecule has 0 spiro atoms. The summed E-state index contributed by atoms with van der Waals surface area (Å²) in [6.45, 7) is 2.45. The molecular formula is C18H21BrN2O3S. The highest BCUT2D eigenvalue weighted by atomic mass is 79.9. The Morgan fingerprint density at radius 1 is 1.08 bits per heavy atom. The molecule has 2 aromatic carbocycles. The Hall–Kier alpha value is -1.70. The van der Waals surface area contributed by atoms with E-state index in [0.717, 1.165) is 16.5 Å². The summed E-state index contributed by atoms with van der Waals surface area (Å²) >= 11 is 3.28. The number of sulfonamides is 1. The Labute approximate surface area is 157 Å². The first-order valence-electron chi connectivity index (χ1n) is 8.02. The highest BCUT2D eigenvalue weighted by molar-refractivity contribution is 9.10. The minimum atomic E-state index is -3.80. The maximum Gasteiger partial charge on any atom is 0.241 e. The summed E-state index contributed by atoms with van der Waals surface area (Å²) in [5.41, 5.74) is 0.887. The maximum atomic E-state index is 12.6. The van der Waals surface area contributed by atoms with E-state index >= 15 is 0 Å². The predicted octanol–water partition coefficient (Wildman–Crippen LogP) is 2.86. The molecule has 0 radical (unpaired) electrons. The standard InChI is InChI=1S/C18H21BrN2O3S/c1-2-12-20-18(22)17(13-14-6-4-3-5-7-14)21-25(23,24)16-10-8-15(19)9-11-16/h3-11,17,21H,2,12-13H2,1H3,(H,20,22)/t17-/m0/s1. The number of carbonyl (C=O) groups is 1. The molecule has 0 saturated carbocycles. The van der Waals surface area contributed by atoms with Crippen LogP contribution in [0.2, 0.25) is 0 Å². The minimum absolute atomic E-state index is 0.122. The molecule has 0 aliphatic rings. The van der Waals surface area contributed by atoms with Crippen molar-refractivity contribution in [2.45, 2.75) is 30.7 Å². The Balaban J connectivity index is 2.22. The van der Waals surface area contributed by atoms with Gasteiger partial charge in [-0.1, -0.05) is 53.2 Å². The third-order valence-electron chi connectivity index (χ3n) is 3.57. The zero-order chi connectivity index (χ0) is 18.3. The zero-order valence-electron chi connectivity index (χ0n) is 13.9. The highest BCUT2D eigenvalue weighted by Crippen LogP contribution is 2.15. The first kappa shape index (κ1) is 19.6. The van der Waals surface area contributed by atoms with Gasteiger partial charge in [-0.25, -0.2) is 8.42 Å². The van der Waals surface area contributed by atoms with Crippen LogP contribution in [0.25, 0.3) is 0 Å². The van der Waals surface area contributed by atoms with Crippen LogP contribution in [0.1, 0.15) is 18.9 Å². The van der Waals surface area contributed by atoms with E-state index in [9.17, 15) is 13.2 Å². The molecule has 25 heavy (non-hydrogen) atoms. The van der Waals surface area contributed by atoms with Crippen molar-refractivity contribution in [1.82, 2.24) is 10.0 Å². The van der Waals surface area contributed by atoms with E-state index in [4.69, 9.17) is 0 Å². The lowest BCUT2D eigenvalue weighted by atomic mass is 10.1. The summed E-state index contributed by atoms with van der Waals surface area (Å²) in [7, 11) is -3.80. The smallest absolute Gasteiger partial charge is 0.241 e. The number of hydrogen-bond acceptors (Lipinski definition) is 3. The Morgan fingerprint density at radius 3 is 2.32 bits per heavy atom. The van der Waals surface area contributed by atoms with Gasteiger partial charge < -0.3 is 5.32 Å². The van der Waals surface area contributed by atoms with Gasteiger partial charge in [-0.2, -0.15) is 4.72 Å². The Bertz CT molecular complexity index is 793. The molecule has 7 heteroatoms. The lowest BCUT2D eigenvalue weighted by Crippen LogP contribution is -2.48. The SMILES string of the molecule is CCCNC(=O)[C@H](Cc1ccccc1)NS(=O)(=O)c1ccc(Br)cc1. The minimum Gasteiger partial charge on any atom is -0.355 e. The second kappa shape index (κ2) is 9.12. The van der Waals surface area contributed by atoms with Crippen LogP contribution in [0.3, 0.4) is 0 Å². The molecule has 1 amide bonds. The molecule has 0 aliphatic carbocycles. The zero-order valence-corrected chi connectivity index (χ0v) is 16.3. The molecule has 0 aliphatic heterocycles. The summed E-state index contributed by atoms with van der Waals surface area (Å²) in [6.07, 6.45) is 1.06. The summed E-state index contributed by atoms with van der Waals surface area (Å²) in [4.78, 5) is 12.5. The summed E-state index contributed by atoms with van der Waals surface area (Å²) in [5.74, 6) is -0.327. The molecule has 0 unspecified atom stereocenters. The van der Waals surface area contributed by atoms with Gasteiger partial charge in [-0.3, -0.25) is 4.79 Å². The quantitative estimate of drug-likeness (QED) is 0.683. The van der Waals surface area contributed by atoms with Gasteiger partial charge in [0.2, 0.25) is 15.9 Å². The molecule has 5 nitrogen and oxygen atoms in total. The maximum absolute atomic E-state index is 12.6. The predicted molar refractivity (Wildman–Crippen MR) is 102 cm³/mol. The molecule has 0 saturated heterocycles. The monoisotopic (exact) mass is 424 g/mol. The van der Waals surface area contributed by atoms with E-state index in [-0.39, 0.29) is 17.2 Å². The van der Waals surface area contributed by atoms with Crippen LogP contribution in [0.4, 0.5) is 0 Å². The lowest BCUT2D eigenvalue weighted by Gasteiger charge is -2.18. The molecule has 2 N–H and O–H groups in total. The molecule has 0 aromatic heterocycles. The van der Waals surface area contributed by atoms with Crippen LogP contribution in [0.15, 0.2) is 64.0 Å². The van der Waals surface area contributed by atoms with E-state index in [2.05, 4.69) is 26.0 Å². The van der Waals surface area contributed by atoms with Gasteiger partial charge in [0.25, 0.3) is 0 Å². The third kappa shape index (κ3) is 5.95. The van der Waals surface area contributed by atoms with Gasteiger partial charge >= 0.3 is 0 Å². The number of nitrogens with one attached hydrogen (secondary N) is 2. The number of rotatable bonds is 8. The van der Waals surface area contributed by atoms with Crippen molar-refractivity contribution in [3.8, 4) is 0 Å². The van der Waals surface area contributed by atoms with Gasteiger partial charge in [-0.15, -0.1) is 0 Å². The average molecular weight is 425 g/mol. The van der Waals surface area contributed by atoms with E-state index in [0.29, 0.717) is 6.54 Å². The topological polar surface area (TPSA) is 75.3 Å². The number of amides is 1. The van der Waals surface area contributed by atoms with Gasteiger partial charge in [0, 0.05) is 11.0 Å². The number of benzene rings is 2. The average Bonchev–Trinajstić information content (AvgIpc) is 2.60.